The number of alkyl halides is 1. The average molecular weight is 616 g/mol. The molecule has 0 radical (unpaired) electrons. The van der Waals surface area contributed by atoms with Gasteiger partial charge in [-0.05, 0) is 49.8 Å². The number of hydrogen-bond donors (Lipinski definition) is 4. The first-order valence-electron chi connectivity index (χ1n) is 12.7. The highest BCUT2D eigenvalue weighted by atomic mass is 31.2. The molecule has 13 nitrogen and oxygen atoms in total. The maximum Gasteiger partial charge on any atom is 0.513 e. The second-order valence-electron chi connectivity index (χ2n) is 9.58. The molecule has 226 valence electrons. The Labute approximate surface area is 243 Å². The highest BCUT2D eigenvalue weighted by Crippen LogP contribution is 2.48. The van der Waals surface area contributed by atoms with Crippen molar-refractivity contribution in [1.29, 1.82) is 0 Å². The van der Waals surface area contributed by atoms with Crippen molar-refractivity contribution in [1.82, 2.24) is 14.6 Å². The number of carboxylic acid groups (broad SMARTS) is 1. The van der Waals surface area contributed by atoms with Crippen molar-refractivity contribution in [2.75, 3.05) is 0 Å². The maximum atomic E-state index is 15.5. The highest BCUT2D eigenvalue weighted by Gasteiger charge is 2.54. The number of carbonyl (C=O) groups is 2. The molecule has 0 aliphatic carbocycles. The summed E-state index contributed by atoms with van der Waals surface area (Å²) in [4.78, 5) is 49.5. The molecule has 0 spiro atoms. The number of ether oxygens (including phenoxy) is 1. The van der Waals surface area contributed by atoms with Crippen LogP contribution in [0.25, 0.3) is 6.08 Å². The Morgan fingerprint density at radius 3 is 2.47 bits per heavy atom. The molecule has 4 N–H and O–H groups in total. The van der Waals surface area contributed by atoms with Crippen molar-refractivity contribution in [3.63, 3.8) is 0 Å². The number of hydrogen-bond acceptors (Lipinski definition) is 9. The number of aliphatic carboxylic acids is 1. The smallest absolute Gasteiger partial charge is 0.480 e. The third-order valence-electron chi connectivity index (χ3n) is 6.26. The van der Waals surface area contributed by atoms with Gasteiger partial charge < -0.3 is 24.0 Å². The van der Waals surface area contributed by atoms with Gasteiger partial charge in [0.15, 0.2) is 23.3 Å². The molecule has 2 unspecified atom stereocenters. The second-order valence-corrected chi connectivity index (χ2v) is 11.2. The van der Waals surface area contributed by atoms with Gasteiger partial charge in [0.05, 0.1) is 0 Å². The van der Waals surface area contributed by atoms with Crippen LogP contribution in [0.15, 0.2) is 94.5 Å². The van der Waals surface area contributed by atoms with Crippen LogP contribution in [-0.4, -0.2) is 49.3 Å². The third-order valence-corrected chi connectivity index (χ3v) is 7.80. The minimum atomic E-state index is -4.61. The molecular formula is C28H27FN3O10P. The lowest BCUT2D eigenvalue weighted by molar-refractivity contribution is -0.138. The molecule has 1 fully saturated rings. The van der Waals surface area contributed by atoms with Gasteiger partial charge in [-0.2, -0.15) is 5.09 Å². The normalized spacial score (nSPS) is 22.9. The lowest BCUT2D eigenvalue weighted by Gasteiger charge is -2.23. The van der Waals surface area contributed by atoms with Crippen LogP contribution < -0.4 is 20.9 Å². The third kappa shape index (κ3) is 7.36. The summed E-state index contributed by atoms with van der Waals surface area (Å²) >= 11 is 0. The highest BCUT2D eigenvalue weighted by molar-refractivity contribution is 7.52. The Hall–Kier alpha value is -4.78. The molecule has 1 aliphatic rings. The molecule has 1 saturated heterocycles. The molecular weight excluding hydrogens is 588 g/mol. The topological polar surface area (TPSA) is 186 Å². The van der Waals surface area contributed by atoms with Crippen molar-refractivity contribution in [3.8, 4) is 5.75 Å². The monoisotopic (exact) mass is 615 g/mol. The second kappa shape index (κ2) is 12.6. The van der Waals surface area contributed by atoms with E-state index in [1.165, 1.54) is 30.3 Å². The Morgan fingerprint density at radius 2 is 1.84 bits per heavy atom. The molecule has 15 heteroatoms. The fourth-order valence-electron chi connectivity index (χ4n) is 3.90. The molecule has 4 rings (SSSR count). The van der Waals surface area contributed by atoms with E-state index in [9.17, 15) is 34.0 Å². The number of aromatic nitrogens is 2. The molecule has 1 aromatic heterocycles. The van der Waals surface area contributed by atoms with Crippen molar-refractivity contribution in [2.45, 2.75) is 37.9 Å². The number of benzene rings is 2. The summed E-state index contributed by atoms with van der Waals surface area (Å²) < 4.78 is 45.8. The molecule has 1 aliphatic heterocycles. The minimum absolute atomic E-state index is 0.0868. The number of rotatable bonds is 11. The van der Waals surface area contributed by atoms with Gasteiger partial charge >= 0.3 is 19.4 Å². The number of nitrogens with zero attached hydrogens (tertiary/aromatic N) is 1. The van der Waals surface area contributed by atoms with E-state index in [0.29, 0.717) is 10.8 Å². The summed E-state index contributed by atoms with van der Waals surface area (Å²) in [5.41, 5.74) is -3.28. The SMILES string of the molecule is CC(NP(=O)(O/C=C1/O[C@@H](n2ccc(=O)[nH]c2=O)[C@](C)(F)[C@@H]1O)Oc1ccc(C(=O)/C=C/c2ccccc2)cc1)C(=O)O. The fraction of sp³-hybridized carbons (Fsp3) is 0.214. The number of aromatic amines is 1. The summed E-state index contributed by atoms with van der Waals surface area (Å²) in [5.74, 6) is -2.42. The number of ketones is 1. The van der Waals surface area contributed by atoms with Crippen LogP contribution in [0.4, 0.5) is 4.39 Å². The fourth-order valence-corrected chi connectivity index (χ4v) is 5.28. The zero-order valence-corrected chi connectivity index (χ0v) is 23.6. The zero-order valence-electron chi connectivity index (χ0n) is 22.7. The number of carbonyl (C=O) groups excluding carboxylic acids is 1. The van der Waals surface area contributed by atoms with E-state index in [2.05, 4.69) is 5.09 Å². The first kappa shape index (κ1) is 31.2. The van der Waals surface area contributed by atoms with Gasteiger partial charge in [-0.15, -0.1) is 0 Å². The Morgan fingerprint density at radius 1 is 1.16 bits per heavy atom. The summed E-state index contributed by atoms with van der Waals surface area (Å²) in [7, 11) is -4.61. The van der Waals surface area contributed by atoms with E-state index >= 15 is 4.39 Å². The number of aliphatic hydroxyl groups excluding tert-OH is 1. The molecule has 5 atom stereocenters. The van der Waals surface area contributed by atoms with Gasteiger partial charge in [0.2, 0.25) is 6.23 Å². The van der Waals surface area contributed by atoms with Crippen molar-refractivity contribution < 1.29 is 42.5 Å². The lowest BCUT2D eigenvalue weighted by Crippen LogP contribution is -2.42. The first-order valence-corrected chi connectivity index (χ1v) is 14.2. The van der Waals surface area contributed by atoms with Crippen molar-refractivity contribution in [3.05, 3.63) is 117 Å². The van der Waals surface area contributed by atoms with Gasteiger partial charge in [0.1, 0.15) is 18.1 Å². The number of H-pyrrole nitrogens is 1. The van der Waals surface area contributed by atoms with E-state index in [0.717, 1.165) is 31.7 Å². The minimum Gasteiger partial charge on any atom is -0.480 e. The van der Waals surface area contributed by atoms with Crippen LogP contribution >= 0.6 is 7.75 Å². The van der Waals surface area contributed by atoms with Crippen molar-refractivity contribution >= 4 is 25.6 Å². The molecule has 0 bridgehead atoms. The number of nitrogens with one attached hydrogen (secondary N) is 2. The van der Waals surface area contributed by atoms with E-state index in [-0.39, 0.29) is 17.1 Å². The average Bonchev–Trinajstić information content (AvgIpc) is 3.19. The van der Waals surface area contributed by atoms with Crippen LogP contribution in [0.1, 0.15) is 36.0 Å². The Kier molecular flexibility index (Phi) is 9.14. The van der Waals surface area contributed by atoms with Gasteiger partial charge in [-0.1, -0.05) is 36.4 Å². The van der Waals surface area contributed by atoms with Crippen LogP contribution in [0.2, 0.25) is 0 Å². The van der Waals surface area contributed by atoms with Gasteiger partial charge in [0, 0.05) is 17.8 Å². The van der Waals surface area contributed by atoms with Gasteiger partial charge in [0.25, 0.3) is 5.56 Å². The molecule has 2 aromatic carbocycles. The van der Waals surface area contributed by atoms with E-state index in [1.807, 2.05) is 35.3 Å². The Bertz CT molecular complexity index is 1720. The molecule has 0 saturated carbocycles. The van der Waals surface area contributed by atoms with Crippen LogP contribution in [0.3, 0.4) is 0 Å². The summed E-state index contributed by atoms with van der Waals surface area (Å²) in [5, 5.41) is 22.0. The predicted molar refractivity (Wildman–Crippen MR) is 151 cm³/mol. The summed E-state index contributed by atoms with van der Waals surface area (Å²) in [6.45, 7) is 2.09. The standard InChI is InChI=1S/C28H27FN3O10P/c1-17(25(36)37)31-43(39,42-20-11-9-19(10-12-20)21(33)13-8-18-6-4-3-5-7-18)40-16-22-24(35)28(2,29)26(41-22)32-15-14-23(34)30-27(32)38/h3-17,24,26,35H,1-2H3,(H,31,39)(H,36,37)(H,30,34,38)/b13-8+,22-16+/t17?,24-,26-,28-,43?/m1/s1. The first-order chi connectivity index (χ1) is 20.3. The Balaban J connectivity index is 1.54. The number of halogens is 1. The molecule has 0 amide bonds. The molecule has 2 heterocycles. The van der Waals surface area contributed by atoms with E-state index < -0.39 is 54.8 Å². The summed E-state index contributed by atoms with van der Waals surface area (Å²) in [6.07, 6.45) is 0.773. The lowest BCUT2D eigenvalue weighted by atomic mass is 10.0. The van der Waals surface area contributed by atoms with Crippen molar-refractivity contribution in [2.24, 2.45) is 0 Å². The zero-order chi connectivity index (χ0) is 31.4. The maximum absolute atomic E-state index is 15.5. The number of aliphatic hydroxyl groups is 1. The summed E-state index contributed by atoms with van der Waals surface area (Å²) in [6, 6.07) is 14.0. The van der Waals surface area contributed by atoms with Crippen LogP contribution in [0.5, 0.6) is 5.75 Å². The molecule has 3 aromatic rings. The van der Waals surface area contributed by atoms with Gasteiger partial charge in [-0.3, -0.25) is 23.9 Å². The quantitative estimate of drug-likeness (QED) is 0.107. The predicted octanol–water partition coefficient (Wildman–Crippen LogP) is 3.16. The number of carboxylic acids is 1. The largest absolute Gasteiger partial charge is 0.513 e. The molecule has 43 heavy (non-hydrogen) atoms. The number of allylic oxidation sites excluding steroid dienone is 1. The van der Waals surface area contributed by atoms with E-state index in [4.69, 9.17) is 13.8 Å². The van der Waals surface area contributed by atoms with Crippen LogP contribution in [0, 0.1) is 0 Å². The van der Waals surface area contributed by atoms with Gasteiger partial charge in [-0.25, -0.2) is 13.8 Å². The van der Waals surface area contributed by atoms with E-state index in [1.54, 1.807) is 6.08 Å². The van der Waals surface area contributed by atoms with Crippen LogP contribution in [-0.2, 0) is 18.6 Å².